The van der Waals surface area contributed by atoms with Crippen molar-refractivity contribution in [3.05, 3.63) is 29.3 Å². The largest absolute Gasteiger partial charge is 0.415 e. The maximum atomic E-state index is 12.4. The maximum Gasteiger partial charge on any atom is 0.415 e. The molecule has 4 rings (SSSR count). The van der Waals surface area contributed by atoms with Crippen LogP contribution in [0.3, 0.4) is 0 Å². The van der Waals surface area contributed by atoms with Crippen molar-refractivity contribution in [1.29, 1.82) is 0 Å². The molecule has 3 aliphatic carbocycles. The van der Waals surface area contributed by atoms with E-state index in [1.807, 2.05) is 12.1 Å². The SMILES string of the molecule is C[C@]12CC[C@@H]3c4ccc(O[11C](=O)N(CCCl)CCCl)cc4CC[C@H]3[C@@H]1CC[C@@H]2O. The first-order chi connectivity index (χ1) is 14.0. The van der Waals surface area contributed by atoms with Crippen LogP contribution in [0.2, 0.25) is 0 Å². The minimum Gasteiger partial charge on any atom is -0.410 e. The fourth-order valence-corrected chi connectivity index (χ4v) is 6.67. The number of amides is 1. The van der Waals surface area contributed by atoms with Gasteiger partial charge in [0.15, 0.2) is 0 Å². The standard InChI is InChI=1S/C23H31Cl2NO3/c1-23-9-8-18-17-5-3-16(29-22(28)26(12-10-24)13-11-25)14-15(17)2-4-19(18)20(23)6-7-21(23)27/h3,5,14,18-21,27H,2,4,6-13H2,1H3/t18-,19-,20+,21+,23+/m1/s1/i22-1. The topological polar surface area (TPSA) is 49.8 Å². The summed E-state index contributed by atoms with van der Waals surface area (Å²) in [6.07, 6.45) is 5.98. The van der Waals surface area contributed by atoms with Crippen LogP contribution in [-0.2, 0) is 6.42 Å². The Hall–Kier alpha value is -0.970. The number of carbonyl (C=O) groups is 1. The summed E-state index contributed by atoms with van der Waals surface area (Å²) in [4.78, 5) is 14.0. The predicted molar refractivity (Wildman–Crippen MR) is 116 cm³/mol. The minimum absolute atomic E-state index is 0.0996. The van der Waals surface area contributed by atoms with Crippen molar-refractivity contribution in [3.8, 4) is 5.75 Å². The molecule has 0 spiro atoms. The van der Waals surface area contributed by atoms with Crippen LogP contribution in [0.5, 0.6) is 5.75 Å². The zero-order valence-corrected chi connectivity index (χ0v) is 18.6. The molecule has 3 aliphatic rings. The number of benzene rings is 1. The smallest absolute Gasteiger partial charge is 0.410 e. The Balaban J connectivity index is 1.49. The van der Waals surface area contributed by atoms with Crippen LogP contribution in [0.25, 0.3) is 0 Å². The van der Waals surface area contributed by atoms with E-state index in [2.05, 4.69) is 13.0 Å². The van der Waals surface area contributed by atoms with Crippen molar-refractivity contribution in [2.24, 2.45) is 17.3 Å². The Morgan fingerprint density at radius 3 is 2.69 bits per heavy atom. The highest BCUT2D eigenvalue weighted by atomic mass is 35.5. The lowest BCUT2D eigenvalue weighted by atomic mass is 9.55. The van der Waals surface area contributed by atoms with Gasteiger partial charge in [-0.25, -0.2) is 4.79 Å². The van der Waals surface area contributed by atoms with Gasteiger partial charge in [-0.2, -0.15) is 0 Å². The summed E-state index contributed by atoms with van der Waals surface area (Å²) in [5, 5.41) is 10.5. The van der Waals surface area contributed by atoms with Crippen molar-refractivity contribution in [2.45, 2.75) is 57.5 Å². The summed E-state index contributed by atoms with van der Waals surface area (Å²) in [5.41, 5.74) is 2.82. The highest BCUT2D eigenvalue weighted by molar-refractivity contribution is 6.18. The number of alkyl halides is 2. The lowest BCUT2D eigenvalue weighted by Gasteiger charge is -2.50. The van der Waals surface area contributed by atoms with E-state index in [-0.39, 0.29) is 11.5 Å². The molecule has 1 aromatic carbocycles. The van der Waals surface area contributed by atoms with E-state index in [1.54, 1.807) is 4.90 Å². The molecule has 0 aliphatic heterocycles. The molecule has 2 saturated carbocycles. The quantitative estimate of drug-likeness (QED) is 0.643. The number of hydrogen-bond donors (Lipinski definition) is 1. The van der Waals surface area contributed by atoms with E-state index >= 15 is 0 Å². The average molecular weight is 439 g/mol. The van der Waals surface area contributed by atoms with Gasteiger partial charge in [0.1, 0.15) is 5.75 Å². The Kier molecular flexibility index (Phi) is 6.34. The van der Waals surface area contributed by atoms with Crippen molar-refractivity contribution < 1.29 is 14.6 Å². The number of rotatable bonds is 5. The van der Waals surface area contributed by atoms with Gasteiger partial charge in [-0.1, -0.05) is 13.0 Å². The number of fused-ring (bicyclic) bond motifs is 5. The highest BCUT2D eigenvalue weighted by Gasteiger charge is 2.54. The van der Waals surface area contributed by atoms with Gasteiger partial charge in [0, 0.05) is 24.8 Å². The molecular formula is C23H31Cl2NO3. The molecule has 0 unspecified atom stereocenters. The van der Waals surface area contributed by atoms with Crippen LogP contribution in [0.15, 0.2) is 18.2 Å². The van der Waals surface area contributed by atoms with Crippen LogP contribution in [0.1, 0.15) is 56.1 Å². The zero-order valence-electron chi connectivity index (χ0n) is 17.1. The van der Waals surface area contributed by atoms with Crippen LogP contribution >= 0.6 is 23.2 Å². The third-order valence-electron chi connectivity index (χ3n) is 7.82. The molecule has 5 atom stereocenters. The van der Waals surface area contributed by atoms with Crippen molar-refractivity contribution in [1.82, 2.24) is 4.90 Å². The van der Waals surface area contributed by atoms with Crippen molar-refractivity contribution in [2.75, 3.05) is 24.8 Å². The molecule has 2 fully saturated rings. The number of aliphatic hydroxyl groups excluding tert-OH is 1. The lowest BCUT2D eigenvalue weighted by molar-refractivity contribution is -0.0226. The normalized spacial score (nSPS) is 32.8. The third-order valence-corrected chi connectivity index (χ3v) is 8.16. The fraction of sp³-hybridized carbons (Fsp3) is 0.696. The Morgan fingerprint density at radius 1 is 1.21 bits per heavy atom. The minimum atomic E-state index is -0.395. The van der Waals surface area contributed by atoms with Crippen molar-refractivity contribution >= 4 is 29.3 Å². The van der Waals surface area contributed by atoms with E-state index < -0.39 is 6.09 Å². The maximum absolute atomic E-state index is 12.4. The number of ether oxygens (including phenoxy) is 1. The highest BCUT2D eigenvalue weighted by Crippen LogP contribution is 2.60. The monoisotopic (exact) mass is 438 g/mol. The first-order valence-corrected chi connectivity index (χ1v) is 11.9. The van der Waals surface area contributed by atoms with Gasteiger partial charge < -0.3 is 14.7 Å². The Labute approximate surface area is 183 Å². The molecule has 1 amide bonds. The Morgan fingerprint density at radius 2 is 1.97 bits per heavy atom. The first-order valence-electron chi connectivity index (χ1n) is 10.9. The number of carbonyl (C=O) groups excluding carboxylic acids is 1. The van der Waals surface area contributed by atoms with E-state index in [9.17, 15) is 9.90 Å². The molecule has 0 radical (unpaired) electrons. The number of halogens is 2. The molecule has 0 bridgehead atoms. The molecule has 6 heteroatoms. The summed E-state index contributed by atoms with van der Waals surface area (Å²) in [6.45, 7) is 3.15. The van der Waals surface area contributed by atoms with Gasteiger partial charge >= 0.3 is 6.09 Å². The number of aryl methyl sites for hydroxylation is 1. The second-order valence-electron chi connectivity index (χ2n) is 9.15. The second kappa shape index (κ2) is 8.64. The lowest BCUT2D eigenvalue weighted by Crippen LogP contribution is -2.43. The second-order valence-corrected chi connectivity index (χ2v) is 9.90. The van der Waals surface area contributed by atoms with Gasteiger partial charge in [-0.3, -0.25) is 0 Å². The van der Waals surface area contributed by atoms with Crippen LogP contribution in [0, 0.1) is 17.3 Å². The van der Waals surface area contributed by atoms with E-state index in [1.165, 1.54) is 11.1 Å². The van der Waals surface area contributed by atoms with Crippen molar-refractivity contribution in [3.63, 3.8) is 0 Å². The molecule has 160 valence electrons. The van der Waals surface area contributed by atoms with Gasteiger partial charge in [-0.15, -0.1) is 23.2 Å². The van der Waals surface area contributed by atoms with E-state index in [0.717, 1.165) is 38.5 Å². The Bertz CT molecular complexity index is 752. The first kappa shape index (κ1) is 21.3. The third kappa shape index (κ3) is 3.88. The molecular weight excluding hydrogens is 408 g/mol. The molecule has 0 aromatic heterocycles. The molecule has 1 aromatic rings. The van der Waals surface area contributed by atoms with Gasteiger partial charge in [-0.05, 0) is 85.0 Å². The van der Waals surface area contributed by atoms with Gasteiger partial charge in [0.05, 0.1) is 6.10 Å². The molecule has 1 N–H and O–H groups in total. The molecule has 0 heterocycles. The number of nitrogens with zero attached hydrogens (tertiary/aromatic N) is 1. The molecule has 0 saturated heterocycles. The van der Waals surface area contributed by atoms with Gasteiger partial charge in [0.2, 0.25) is 0 Å². The average Bonchev–Trinajstić information content (AvgIpc) is 3.02. The van der Waals surface area contributed by atoms with E-state index in [4.69, 9.17) is 27.9 Å². The van der Waals surface area contributed by atoms with E-state index in [0.29, 0.717) is 48.4 Å². The predicted octanol–water partition coefficient (Wildman–Crippen LogP) is 5.18. The van der Waals surface area contributed by atoms with Gasteiger partial charge in [0.25, 0.3) is 0 Å². The molecule has 29 heavy (non-hydrogen) atoms. The zero-order chi connectivity index (χ0) is 20.6. The summed E-state index contributed by atoms with van der Waals surface area (Å²) >= 11 is 11.6. The van der Waals surface area contributed by atoms with Crippen LogP contribution < -0.4 is 4.74 Å². The number of hydrogen-bond acceptors (Lipinski definition) is 3. The molecule has 4 nitrogen and oxygen atoms in total. The fourth-order valence-electron chi connectivity index (χ4n) is 6.26. The van der Waals surface area contributed by atoms with Crippen LogP contribution in [0.4, 0.5) is 4.79 Å². The summed E-state index contributed by atoms with van der Waals surface area (Å²) in [5.74, 6) is 3.16. The summed E-state index contributed by atoms with van der Waals surface area (Å²) in [6, 6.07) is 6.13. The number of aliphatic hydroxyl groups is 1. The summed E-state index contributed by atoms with van der Waals surface area (Å²) < 4.78 is 5.62. The van der Waals surface area contributed by atoms with Crippen LogP contribution in [-0.4, -0.2) is 47.1 Å². The summed E-state index contributed by atoms with van der Waals surface area (Å²) in [7, 11) is 0.